The van der Waals surface area contributed by atoms with Crippen LogP contribution in [0.5, 0.6) is 5.75 Å². The molecule has 0 bridgehead atoms. The van der Waals surface area contributed by atoms with Gasteiger partial charge in [0, 0.05) is 29.6 Å². The van der Waals surface area contributed by atoms with Crippen molar-refractivity contribution >= 4 is 28.8 Å². The summed E-state index contributed by atoms with van der Waals surface area (Å²) in [6, 6.07) is 12.0. The summed E-state index contributed by atoms with van der Waals surface area (Å²) in [4.78, 5) is 25.8. The average Bonchev–Trinajstić information content (AvgIpc) is 2.68. The zero-order valence-electron chi connectivity index (χ0n) is 15.1. The molecule has 0 N–H and O–H groups in total. The molecular formula is C20H21ClN2O4. The second-order valence-corrected chi connectivity index (χ2v) is 6.88. The van der Waals surface area contributed by atoms with Crippen molar-refractivity contribution in [1.29, 1.82) is 0 Å². The number of ether oxygens (including phenoxy) is 1. The molecule has 0 spiro atoms. The minimum absolute atomic E-state index is 0.0122. The topological polar surface area (TPSA) is 72.7 Å². The van der Waals surface area contributed by atoms with Gasteiger partial charge in [-0.2, -0.15) is 0 Å². The lowest BCUT2D eigenvalue weighted by molar-refractivity contribution is -0.385. The lowest BCUT2D eigenvalue weighted by Gasteiger charge is -2.32. The maximum absolute atomic E-state index is 12.7. The second-order valence-electron chi connectivity index (χ2n) is 6.45. The van der Waals surface area contributed by atoms with Gasteiger partial charge >= 0.3 is 5.69 Å². The van der Waals surface area contributed by atoms with Crippen LogP contribution in [0.3, 0.4) is 0 Å². The van der Waals surface area contributed by atoms with Crippen LogP contribution in [0.2, 0.25) is 5.02 Å². The number of carbonyl (C=O) groups excluding carboxylic acids is 1. The molecule has 6 nitrogen and oxygen atoms in total. The Morgan fingerprint density at radius 3 is 2.48 bits per heavy atom. The van der Waals surface area contributed by atoms with Gasteiger partial charge in [0.1, 0.15) is 5.69 Å². The molecule has 0 unspecified atom stereocenters. The van der Waals surface area contributed by atoms with E-state index in [1.807, 2.05) is 4.90 Å². The number of nitro benzene ring substituents is 1. The first-order valence-electron chi connectivity index (χ1n) is 8.96. The van der Waals surface area contributed by atoms with E-state index in [1.165, 1.54) is 0 Å². The lowest BCUT2D eigenvalue weighted by Crippen LogP contribution is -2.36. The summed E-state index contributed by atoms with van der Waals surface area (Å²) in [6.45, 7) is 3.33. The lowest BCUT2D eigenvalue weighted by atomic mass is 9.88. The largest absolute Gasteiger partial charge is 0.487 e. The van der Waals surface area contributed by atoms with Crippen molar-refractivity contribution in [3.63, 3.8) is 0 Å². The Balaban J connectivity index is 1.74. The summed E-state index contributed by atoms with van der Waals surface area (Å²) in [6.07, 6.45) is 1.30. The quantitative estimate of drug-likeness (QED) is 0.405. The highest BCUT2D eigenvalue weighted by molar-refractivity contribution is 6.30. The molecule has 0 aromatic heterocycles. The van der Waals surface area contributed by atoms with Crippen LogP contribution in [0.25, 0.3) is 0 Å². The molecule has 7 heteroatoms. The van der Waals surface area contributed by atoms with Crippen molar-refractivity contribution in [3.05, 3.63) is 63.2 Å². The molecule has 2 aromatic rings. The van der Waals surface area contributed by atoms with Crippen molar-refractivity contribution in [2.45, 2.75) is 19.8 Å². The highest BCUT2D eigenvalue weighted by atomic mass is 35.5. The summed E-state index contributed by atoms with van der Waals surface area (Å²) in [5.74, 6) is 0.291. The fraction of sp³-hybridized carbons (Fsp3) is 0.350. The van der Waals surface area contributed by atoms with E-state index in [-0.39, 0.29) is 23.1 Å². The summed E-state index contributed by atoms with van der Waals surface area (Å²) in [7, 11) is 0. The van der Waals surface area contributed by atoms with E-state index in [0.717, 1.165) is 0 Å². The number of hydrogen-bond acceptors (Lipinski definition) is 5. The zero-order chi connectivity index (χ0) is 19.4. The Labute approximate surface area is 162 Å². The number of ketones is 1. The number of halogens is 1. The van der Waals surface area contributed by atoms with Crippen molar-refractivity contribution in [2.75, 3.05) is 24.6 Å². The van der Waals surface area contributed by atoms with Gasteiger partial charge in [-0.1, -0.05) is 17.7 Å². The Morgan fingerprint density at radius 2 is 1.89 bits per heavy atom. The minimum atomic E-state index is -0.398. The Bertz CT molecular complexity index is 830. The third-order valence-electron chi connectivity index (χ3n) is 4.80. The van der Waals surface area contributed by atoms with Gasteiger partial charge in [0.05, 0.1) is 11.5 Å². The molecule has 1 aliphatic heterocycles. The van der Waals surface area contributed by atoms with Crippen LogP contribution >= 0.6 is 11.6 Å². The molecule has 3 rings (SSSR count). The molecule has 27 heavy (non-hydrogen) atoms. The van der Waals surface area contributed by atoms with Gasteiger partial charge in [-0.3, -0.25) is 14.9 Å². The maximum atomic E-state index is 12.7. The van der Waals surface area contributed by atoms with Gasteiger partial charge in [0.25, 0.3) is 0 Å². The zero-order valence-corrected chi connectivity index (χ0v) is 15.8. The number of Topliss-reactive ketones (excluding diaryl/α,β-unsaturated/α-hetero) is 1. The number of hydrogen-bond donors (Lipinski definition) is 0. The average molecular weight is 389 g/mol. The number of nitrogens with zero attached hydrogens (tertiary/aromatic N) is 2. The number of piperidine rings is 1. The summed E-state index contributed by atoms with van der Waals surface area (Å²) in [5.41, 5.74) is 1.19. The molecule has 0 atom stereocenters. The normalized spacial score (nSPS) is 14.8. The Kier molecular flexibility index (Phi) is 5.96. The monoisotopic (exact) mass is 388 g/mol. The predicted molar refractivity (Wildman–Crippen MR) is 105 cm³/mol. The number of benzene rings is 2. The third kappa shape index (κ3) is 4.22. The van der Waals surface area contributed by atoms with Gasteiger partial charge in [0.15, 0.2) is 11.5 Å². The molecule has 1 aliphatic rings. The van der Waals surface area contributed by atoms with Crippen molar-refractivity contribution in [3.8, 4) is 5.75 Å². The molecule has 142 valence electrons. The van der Waals surface area contributed by atoms with E-state index < -0.39 is 4.92 Å². The van der Waals surface area contributed by atoms with Crippen molar-refractivity contribution in [1.82, 2.24) is 0 Å². The maximum Gasteiger partial charge on any atom is 0.333 e. The van der Waals surface area contributed by atoms with E-state index >= 15 is 0 Å². The minimum Gasteiger partial charge on any atom is -0.487 e. The first-order valence-corrected chi connectivity index (χ1v) is 9.34. The van der Waals surface area contributed by atoms with Gasteiger partial charge in [-0.15, -0.1) is 0 Å². The molecule has 0 amide bonds. The summed E-state index contributed by atoms with van der Waals surface area (Å²) >= 11 is 5.88. The van der Waals surface area contributed by atoms with Gasteiger partial charge in [-0.25, -0.2) is 0 Å². The number of anilines is 1. The van der Waals surface area contributed by atoms with Gasteiger partial charge in [0.2, 0.25) is 0 Å². The van der Waals surface area contributed by atoms with E-state index in [1.54, 1.807) is 49.4 Å². The molecule has 1 heterocycles. The highest BCUT2D eigenvalue weighted by Crippen LogP contribution is 2.39. The molecule has 0 radical (unpaired) electrons. The first kappa shape index (κ1) is 19.2. The van der Waals surface area contributed by atoms with Gasteiger partial charge < -0.3 is 9.64 Å². The smallest absolute Gasteiger partial charge is 0.333 e. The van der Waals surface area contributed by atoms with Crippen molar-refractivity contribution < 1.29 is 14.5 Å². The van der Waals surface area contributed by atoms with Crippen LogP contribution in [0.1, 0.15) is 30.1 Å². The summed E-state index contributed by atoms with van der Waals surface area (Å²) in [5, 5.41) is 12.2. The third-order valence-corrected chi connectivity index (χ3v) is 5.05. The van der Waals surface area contributed by atoms with Crippen molar-refractivity contribution in [2.24, 2.45) is 5.92 Å². The predicted octanol–water partition coefficient (Wildman–Crippen LogP) is 4.75. The van der Waals surface area contributed by atoms with E-state index in [4.69, 9.17) is 16.3 Å². The molecule has 1 fully saturated rings. The molecule has 0 aliphatic carbocycles. The van der Waals surface area contributed by atoms with Crippen LogP contribution in [0, 0.1) is 16.0 Å². The second kappa shape index (κ2) is 8.39. The van der Waals surface area contributed by atoms with Crippen LogP contribution in [0.4, 0.5) is 11.4 Å². The number of nitro groups is 1. The van der Waals surface area contributed by atoms with Crippen LogP contribution in [-0.2, 0) is 0 Å². The highest BCUT2D eigenvalue weighted by Gasteiger charge is 2.30. The van der Waals surface area contributed by atoms with Crippen LogP contribution in [0.15, 0.2) is 42.5 Å². The number of para-hydroxylation sites is 1. The molecule has 1 saturated heterocycles. The number of carbonyl (C=O) groups is 1. The molecule has 2 aromatic carbocycles. The SMILES string of the molecule is CCOc1cccc(N2CCC(C(=O)c3ccc(Cl)cc3)CC2)c1[N+](=O)[O-]. The first-order chi connectivity index (χ1) is 13.0. The number of rotatable bonds is 6. The van der Waals surface area contributed by atoms with E-state index in [0.29, 0.717) is 48.8 Å². The van der Waals surface area contributed by atoms with E-state index in [2.05, 4.69) is 0 Å². The van der Waals surface area contributed by atoms with Crippen LogP contribution < -0.4 is 9.64 Å². The standard InChI is InChI=1S/C20H21ClN2O4/c1-2-27-18-5-3-4-17(19(18)23(25)26)22-12-10-15(11-13-22)20(24)14-6-8-16(21)9-7-14/h3-9,15H,2,10-13H2,1H3. The van der Waals surface area contributed by atoms with Gasteiger partial charge in [-0.05, 0) is 56.2 Å². The molecular weight excluding hydrogens is 368 g/mol. The van der Waals surface area contributed by atoms with Crippen LogP contribution in [-0.4, -0.2) is 30.4 Å². The molecule has 0 saturated carbocycles. The fourth-order valence-electron chi connectivity index (χ4n) is 3.45. The van der Waals surface area contributed by atoms with E-state index in [9.17, 15) is 14.9 Å². The summed E-state index contributed by atoms with van der Waals surface area (Å²) < 4.78 is 5.42. The Morgan fingerprint density at radius 1 is 1.22 bits per heavy atom. The Hall–Kier alpha value is -2.60. The fourth-order valence-corrected chi connectivity index (χ4v) is 3.58.